The molecule has 0 aliphatic heterocycles. The highest BCUT2D eigenvalue weighted by Gasteiger charge is 2.22. The Morgan fingerprint density at radius 1 is 0.767 bits per heavy atom. The van der Waals surface area contributed by atoms with Crippen LogP contribution in [0.3, 0.4) is 0 Å². The van der Waals surface area contributed by atoms with E-state index in [9.17, 15) is 13.2 Å². The van der Waals surface area contributed by atoms with Crippen LogP contribution in [0.15, 0.2) is 65.6 Å². The summed E-state index contributed by atoms with van der Waals surface area (Å²) in [5, 5.41) is 0. The number of aryl methyl sites for hydroxylation is 4. The molecule has 0 heterocycles. The van der Waals surface area contributed by atoms with Gasteiger partial charge in [-0.05, 0) is 98.5 Å². The van der Waals surface area contributed by atoms with Crippen molar-refractivity contribution in [3.63, 3.8) is 0 Å². The molecule has 0 saturated carbocycles. The quantitative estimate of drug-likeness (QED) is 0.430. The van der Waals surface area contributed by atoms with Gasteiger partial charge in [-0.15, -0.1) is 0 Å². The van der Waals surface area contributed by atoms with Gasteiger partial charge in [0.05, 0.1) is 16.1 Å². The van der Waals surface area contributed by atoms with Gasteiger partial charge in [0.1, 0.15) is 5.75 Å². The summed E-state index contributed by atoms with van der Waals surface area (Å²) in [6.07, 6.45) is 0. The summed E-state index contributed by atoms with van der Waals surface area (Å²) >= 11 is 0. The fourth-order valence-electron chi connectivity index (χ4n) is 2.93. The summed E-state index contributed by atoms with van der Waals surface area (Å²) in [7, 11) is -2.19. The van der Waals surface area contributed by atoms with Crippen LogP contribution in [0.5, 0.6) is 5.75 Å². The first-order chi connectivity index (χ1) is 14.1. The molecular formula is C24H25NO4S. The molecule has 0 aliphatic carbocycles. The predicted octanol–water partition coefficient (Wildman–Crippen LogP) is 4.96. The Morgan fingerprint density at radius 3 is 1.90 bits per heavy atom. The first-order valence-corrected chi connectivity index (χ1v) is 11.0. The summed E-state index contributed by atoms with van der Waals surface area (Å²) in [5.74, 6) is -0.110. The number of esters is 1. The first-order valence-electron chi connectivity index (χ1n) is 9.55. The van der Waals surface area contributed by atoms with Crippen LogP contribution in [-0.2, 0) is 10.0 Å². The normalized spacial score (nSPS) is 11.2. The number of hydrogen-bond acceptors (Lipinski definition) is 4. The first kappa shape index (κ1) is 21.6. The molecule has 0 bridgehead atoms. The number of carbonyl (C=O) groups is 1. The standard InChI is InChI=1S/C24H25NO4S/c1-16-6-8-20(14-18(16)3)24(26)29-22-11-9-21(10-12-22)25(5)30(27,28)23-13-7-17(2)19(4)15-23/h6-15H,1-5H3. The second kappa shape index (κ2) is 8.32. The van der Waals surface area contributed by atoms with E-state index in [1.807, 2.05) is 33.8 Å². The number of anilines is 1. The lowest BCUT2D eigenvalue weighted by Gasteiger charge is -2.20. The van der Waals surface area contributed by atoms with E-state index in [1.54, 1.807) is 54.6 Å². The van der Waals surface area contributed by atoms with E-state index in [1.165, 1.54) is 11.4 Å². The van der Waals surface area contributed by atoms with E-state index in [0.29, 0.717) is 17.0 Å². The fourth-order valence-corrected chi connectivity index (χ4v) is 4.21. The molecule has 0 radical (unpaired) electrons. The smallest absolute Gasteiger partial charge is 0.343 e. The Kier molecular flexibility index (Phi) is 5.99. The molecule has 0 amide bonds. The van der Waals surface area contributed by atoms with Crippen LogP contribution in [0.25, 0.3) is 0 Å². The Morgan fingerprint density at radius 2 is 1.33 bits per heavy atom. The number of ether oxygens (including phenoxy) is 1. The van der Waals surface area contributed by atoms with Crippen molar-refractivity contribution < 1.29 is 17.9 Å². The summed E-state index contributed by atoms with van der Waals surface area (Å²) in [5.41, 5.74) is 5.00. The third-order valence-electron chi connectivity index (χ3n) is 5.29. The molecule has 156 valence electrons. The maximum absolute atomic E-state index is 12.9. The molecule has 0 saturated heterocycles. The zero-order chi connectivity index (χ0) is 22.1. The molecule has 0 fully saturated rings. The van der Waals surface area contributed by atoms with Crippen molar-refractivity contribution in [2.24, 2.45) is 0 Å². The lowest BCUT2D eigenvalue weighted by atomic mass is 10.1. The molecule has 0 atom stereocenters. The van der Waals surface area contributed by atoms with Crippen molar-refractivity contribution in [1.29, 1.82) is 0 Å². The van der Waals surface area contributed by atoms with Crippen LogP contribution in [0, 0.1) is 27.7 Å². The minimum absolute atomic E-state index is 0.235. The Labute approximate surface area is 178 Å². The zero-order valence-corrected chi connectivity index (χ0v) is 18.6. The SMILES string of the molecule is Cc1ccc(C(=O)Oc2ccc(N(C)S(=O)(=O)c3ccc(C)c(C)c3)cc2)cc1C. The molecule has 0 N–H and O–H groups in total. The predicted molar refractivity (Wildman–Crippen MR) is 119 cm³/mol. The topological polar surface area (TPSA) is 63.7 Å². The van der Waals surface area contributed by atoms with Crippen LogP contribution in [0.2, 0.25) is 0 Å². The van der Waals surface area contributed by atoms with Crippen LogP contribution in [-0.4, -0.2) is 21.4 Å². The molecule has 30 heavy (non-hydrogen) atoms. The molecule has 0 aromatic heterocycles. The van der Waals surface area contributed by atoms with Crippen molar-refractivity contribution in [3.05, 3.63) is 88.5 Å². The largest absolute Gasteiger partial charge is 0.423 e. The van der Waals surface area contributed by atoms with Crippen LogP contribution in [0.1, 0.15) is 32.6 Å². The van der Waals surface area contributed by atoms with E-state index >= 15 is 0 Å². The lowest BCUT2D eigenvalue weighted by molar-refractivity contribution is 0.0734. The van der Waals surface area contributed by atoms with E-state index in [-0.39, 0.29) is 4.90 Å². The number of carbonyl (C=O) groups excluding carboxylic acids is 1. The summed E-state index contributed by atoms with van der Waals surface area (Å²) in [6, 6.07) is 16.9. The van der Waals surface area contributed by atoms with Crippen LogP contribution >= 0.6 is 0 Å². The molecule has 3 rings (SSSR count). The summed E-state index contributed by atoms with van der Waals surface area (Å²) < 4.78 is 32.5. The summed E-state index contributed by atoms with van der Waals surface area (Å²) in [6.45, 7) is 7.73. The second-order valence-corrected chi connectivity index (χ2v) is 9.37. The third-order valence-corrected chi connectivity index (χ3v) is 7.07. The van der Waals surface area contributed by atoms with Gasteiger partial charge in [-0.3, -0.25) is 4.31 Å². The lowest BCUT2D eigenvalue weighted by Crippen LogP contribution is -2.26. The maximum Gasteiger partial charge on any atom is 0.343 e. The van der Waals surface area contributed by atoms with Crippen LogP contribution in [0.4, 0.5) is 5.69 Å². The molecule has 3 aromatic carbocycles. The molecule has 0 unspecified atom stereocenters. The fraction of sp³-hybridized carbons (Fsp3) is 0.208. The third kappa shape index (κ3) is 4.39. The van der Waals surface area contributed by atoms with Crippen molar-refractivity contribution in [2.45, 2.75) is 32.6 Å². The van der Waals surface area contributed by atoms with Gasteiger partial charge < -0.3 is 4.74 Å². The van der Waals surface area contributed by atoms with Crippen LogP contribution < -0.4 is 9.04 Å². The summed E-state index contributed by atoms with van der Waals surface area (Å²) in [4.78, 5) is 12.6. The van der Waals surface area contributed by atoms with Crippen molar-refractivity contribution in [2.75, 3.05) is 11.4 Å². The average molecular weight is 424 g/mol. The van der Waals surface area contributed by atoms with Gasteiger partial charge in [0.25, 0.3) is 10.0 Å². The number of hydrogen-bond donors (Lipinski definition) is 0. The van der Waals surface area contributed by atoms with E-state index in [2.05, 4.69) is 0 Å². The number of rotatable bonds is 5. The van der Waals surface area contributed by atoms with Gasteiger partial charge in [0.2, 0.25) is 0 Å². The Hall–Kier alpha value is -3.12. The minimum Gasteiger partial charge on any atom is -0.423 e. The molecule has 3 aromatic rings. The van der Waals surface area contributed by atoms with Gasteiger partial charge in [-0.1, -0.05) is 12.1 Å². The van der Waals surface area contributed by atoms with Gasteiger partial charge in [0, 0.05) is 7.05 Å². The van der Waals surface area contributed by atoms with Crippen molar-refractivity contribution in [3.8, 4) is 5.75 Å². The highest BCUT2D eigenvalue weighted by molar-refractivity contribution is 7.92. The van der Waals surface area contributed by atoms with Gasteiger partial charge >= 0.3 is 5.97 Å². The van der Waals surface area contributed by atoms with Gasteiger partial charge in [-0.2, -0.15) is 0 Å². The van der Waals surface area contributed by atoms with Gasteiger partial charge in [-0.25, -0.2) is 13.2 Å². The molecule has 5 nitrogen and oxygen atoms in total. The Bertz CT molecular complexity index is 1200. The molecular weight excluding hydrogens is 398 g/mol. The second-order valence-electron chi connectivity index (χ2n) is 7.40. The van der Waals surface area contributed by atoms with Crippen molar-refractivity contribution in [1.82, 2.24) is 0 Å². The van der Waals surface area contributed by atoms with E-state index < -0.39 is 16.0 Å². The van der Waals surface area contributed by atoms with Crippen molar-refractivity contribution >= 4 is 21.7 Å². The highest BCUT2D eigenvalue weighted by Crippen LogP contribution is 2.26. The number of sulfonamides is 1. The monoisotopic (exact) mass is 423 g/mol. The molecule has 0 spiro atoms. The van der Waals surface area contributed by atoms with Gasteiger partial charge in [0.15, 0.2) is 0 Å². The number of nitrogens with zero attached hydrogens (tertiary/aromatic N) is 1. The maximum atomic E-state index is 12.9. The average Bonchev–Trinajstić information content (AvgIpc) is 2.72. The Balaban J connectivity index is 1.78. The molecule has 0 aliphatic rings. The minimum atomic E-state index is -3.69. The van der Waals surface area contributed by atoms with E-state index in [0.717, 1.165) is 22.3 Å². The zero-order valence-electron chi connectivity index (χ0n) is 17.8. The molecule has 6 heteroatoms. The van der Waals surface area contributed by atoms with E-state index in [4.69, 9.17) is 4.74 Å². The highest BCUT2D eigenvalue weighted by atomic mass is 32.2. The number of benzene rings is 3.